The predicted octanol–water partition coefficient (Wildman–Crippen LogP) is 4.78. The summed E-state index contributed by atoms with van der Waals surface area (Å²) in [5, 5.41) is 0.450. The summed E-state index contributed by atoms with van der Waals surface area (Å²) >= 11 is 17.3. The molecule has 0 bridgehead atoms. The minimum absolute atomic E-state index is 0.144. The zero-order chi connectivity index (χ0) is 15.6. The van der Waals surface area contributed by atoms with Gasteiger partial charge in [0.2, 0.25) is 0 Å². The van der Waals surface area contributed by atoms with E-state index in [0.717, 1.165) is 6.07 Å². The number of hydrogen-bond donors (Lipinski definition) is 0. The Labute approximate surface area is 138 Å². The van der Waals surface area contributed by atoms with Crippen LogP contribution in [0.2, 0.25) is 15.1 Å². The van der Waals surface area contributed by atoms with E-state index in [2.05, 4.69) is 0 Å². The number of rotatable bonds is 4. The van der Waals surface area contributed by atoms with Gasteiger partial charge in [0.25, 0.3) is 0 Å². The molecule has 0 aliphatic carbocycles. The molecule has 0 saturated heterocycles. The van der Waals surface area contributed by atoms with E-state index in [4.69, 9.17) is 34.8 Å². The average Bonchev–Trinajstić information content (AvgIpc) is 2.44. The van der Waals surface area contributed by atoms with Gasteiger partial charge in [0.15, 0.2) is 5.78 Å². The van der Waals surface area contributed by atoms with Crippen LogP contribution in [0.5, 0.6) is 0 Å². The van der Waals surface area contributed by atoms with Gasteiger partial charge in [-0.1, -0.05) is 34.8 Å². The Balaban J connectivity index is 2.20. The van der Waals surface area contributed by atoms with Crippen molar-refractivity contribution < 1.29 is 13.4 Å². The molecule has 2 aromatic carbocycles. The fourth-order valence-electron chi connectivity index (χ4n) is 1.61. The molecule has 110 valence electrons. The lowest BCUT2D eigenvalue weighted by molar-refractivity contribution is 0.102. The van der Waals surface area contributed by atoms with Gasteiger partial charge in [-0.15, -0.1) is 0 Å². The molecule has 0 heterocycles. The monoisotopic (exact) mass is 364 g/mol. The standard InChI is InChI=1S/C14H8Cl3FO2S/c15-8-1-3-11(16)10(5-8)14(19)7-21(20)9-2-4-13(18)12(17)6-9/h1-6H,7H2. The van der Waals surface area contributed by atoms with Crippen LogP contribution in [0.15, 0.2) is 41.3 Å². The third-order valence-electron chi connectivity index (χ3n) is 2.64. The molecule has 0 aliphatic heterocycles. The highest BCUT2D eigenvalue weighted by Crippen LogP contribution is 2.23. The molecule has 0 aliphatic rings. The minimum atomic E-state index is -1.65. The highest BCUT2D eigenvalue weighted by Gasteiger charge is 2.16. The molecule has 21 heavy (non-hydrogen) atoms. The topological polar surface area (TPSA) is 34.1 Å². The first-order chi connectivity index (χ1) is 9.88. The molecule has 7 heteroatoms. The number of benzene rings is 2. The lowest BCUT2D eigenvalue weighted by atomic mass is 10.1. The summed E-state index contributed by atoms with van der Waals surface area (Å²) in [5.41, 5.74) is 0.200. The summed E-state index contributed by atoms with van der Waals surface area (Å²) < 4.78 is 25.2. The molecule has 0 spiro atoms. The maximum absolute atomic E-state index is 13.1. The van der Waals surface area contributed by atoms with Crippen molar-refractivity contribution in [1.29, 1.82) is 0 Å². The number of carbonyl (C=O) groups excluding carboxylic acids is 1. The smallest absolute Gasteiger partial charge is 0.177 e. The van der Waals surface area contributed by atoms with Crippen molar-refractivity contribution in [2.75, 3.05) is 5.75 Å². The fraction of sp³-hybridized carbons (Fsp3) is 0.0714. The van der Waals surface area contributed by atoms with E-state index >= 15 is 0 Å². The van der Waals surface area contributed by atoms with Gasteiger partial charge in [0.1, 0.15) is 5.82 Å². The van der Waals surface area contributed by atoms with E-state index < -0.39 is 22.4 Å². The fourth-order valence-corrected chi connectivity index (χ4v) is 3.28. The van der Waals surface area contributed by atoms with E-state index in [-0.39, 0.29) is 26.3 Å². The Morgan fingerprint density at radius 2 is 1.76 bits per heavy atom. The van der Waals surface area contributed by atoms with Crippen LogP contribution in [0.25, 0.3) is 0 Å². The first kappa shape index (κ1) is 16.4. The third kappa shape index (κ3) is 4.04. The molecular formula is C14H8Cl3FO2S. The molecule has 0 aromatic heterocycles. The van der Waals surface area contributed by atoms with Crippen molar-refractivity contribution in [3.05, 3.63) is 62.8 Å². The zero-order valence-electron chi connectivity index (χ0n) is 10.4. The molecule has 1 atom stereocenters. The van der Waals surface area contributed by atoms with Gasteiger partial charge in [-0.25, -0.2) is 4.39 Å². The van der Waals surface area contributed by atoms with Crippen LogP contribution in [0, 0.1) is 5.82 Å². The lowest BCUT2D eigenvalue weighted by Crippen LogP contribution is -2.11. The van der Waals surface area contributed by atoms with Gasteiger partial charge in [0.05, 0.1) is 26.6 Å². The van der Waals surface area contributed by atoms with Gasteiger partial charge >= 0.3 is 0 Å². The van der Waals surface area contributed by atoms with Crippen molar-refractivity contribution in [3.63, 3.8) is 0 Å². The Hall–Kier alpha value is -0.940. The van der Waals surface area contributed by atoms with Gasteiger partial charge < -0.3 is 0 Å². The van der Waals surface area contributed by atoms with E-state index in [1.807, 2.05) is 0 Å². The minimum Gasteiger partial charge on any atom is -0.293 e. The van der Waals surface area contributed by atoms with Crippen LogP contribution in [-0.4, -0.2) is 15.7 Å². The molecule has 1 unspecified atom stereocenters. The number of halogens is 4. The van der Waals surface area contributed by atoms with Crippen LogP contribution in [0.4, 0.5) is 4.39 Å². The normalized spacial score (nSPS) is 12.2. The van der Waals surface area contributed by atoms with E-state index in [0.29, 0.717) is 5.02 Å². The Kier molecular flexibility index (Phi) is 5.38. The molecule has 2 rings (SSSR count). The highest BCUT2D eigenvalue weighted by atomic mass is 35.5. The van der Waals surface area contributed by atoms with Crippen molar-refractivity contribution in [3.8, 4) is 0 Å². The second-order valence-corrected chi connectivity index (χ2v) is 6.82. The van der Waals surface area contributed by atoms with Gasteiger partial charge in [-0.3, -0.25) is 9.00 Å². The third-order valence-corrected chi connectivity index (χ3v) is 4.80. The maximum Gasteiger partial charge on any atom is 0.177 e. The molecule has 2 aromatic rings. The van der Waals surface area contributed by atoms with Crippen molar-refractivity contribution >= 4 is 51.4 Å². The van der Waals surface area contributed by atoms with Crippen molar-refractivity contribution in [2.45, 2.75) is 4.90 Å². The Morgan fingerprint density at radius 3 is 2.43 bits per heavy atom. The van der Waals surface area contributed by atoms with Crippen LogP contribution in [0.3, 0.4) is 0 Å². The predicted molar refractivity (Wildman–Crippen MR) is 83.5 cm³/mol. The van der Waals surface area contributed by atoms with Crippen LogP contribution in [-0.2, 0) is 10.8 Å². The van der Waals surface area contributed by atoms with Gasteiger partial charge in [-0.2, -0.15) is 0 Å². The first-order valence-electron chi connectivity index (χ1n) is 5.70. The van der Waals surface area contributed by atoms with Crippen LogP contribution in [0.1, 0.15) is 10.4 Å². The van der Waals surface area contributed by atoms with E-state index in [9.17, 15) is 13.4 Å². The van der Waals surface area contributed by atoms with Crippen molar-refractivity contribution in [2.24, 2.45) is 0 Å². The molecule has 0 saturated carbocycles. The van der Waals surface area contributed by atoms with Crippen LogP contribution >= 0.6 is 34.8 Å². The number of ketones is 1. The second-order valence-electron chi connectivity index (χ2n) is 4.11. The quantitative estimate of drug-likeness (QED) is 0.731. The van der Waals surface area contributed by atoms with Crippen molar-refractivity contribution in [1.82, 2.24) is 0 Å². The summed E-state index contributed by atoms with van der Waals surface area (Å²) in [5.74, 6) is -1.31. The number of Topliss-reactive ketones (excluding diaryl/α,β-unsaturated/α-hetero) is 1. The zero-order valence-corrected chi connectivity index (χ0v) is 13.5. The summed E-state index contributed by atoms with van der Waals surface area (Å²) in [6, 6.07) is 8.13. The molecule has 0 amide bonds. The van der Waals surface area contributed by atoms with Gasteiger partial charge in [-0.05, 0) is 36.4 Å². The highest BCUT2D eigenvalue weighted by molar-refractivity contribution is 7.85. The van der Waals surface area contributed by atoms with E-state index in [1.54, 1.807) is 6.07 Å². The van der Waals surface area contributed by atoms with Gasteiger partial charge in [0, 0.05) is 15.5 Å². The summed E-state index contributed by atoms with van der Waals surface area (Å²) in [6.07, 6.45) is 0. The largest absolute Gasteiger partial charge is 0.293 e. The Morgan fingerprint density at radius 1 is 1.05 bits per heavy atom. The number of hydrogen-bond acceptors (Lipinski definition) is 2. The summed E-state index contributed by atoms with van der Waals surface area (Å²) in [7, 11) is -1.65. The molecule has 2 nitrogen and oxygen atoms in total. The summed E-state index contributed by atoms with van der Waals surface area (Å²) in [4.78, 5) is 12.4. The molecule has 0 fully saturated rings. The molecular weight excluding hydrogens is 358 g/mol. The molecule has 0 N–H and O–H groups in total. The lowest BCUT2D eigenvalue weighted by Gasteiger charge is -2.05. The van der Waals surface area contributed by atoms with Crippen LogP contribution < -0.4 is 0 Å². The summed E-state index contributed by atoms with van der Waals surface area (Å²) in [6.45, 7) is 0. The Bertz CT molecular complexity index is 734. The van der Waals surface area contributed by atoms with E-state index in [1.165, 1.54) is 24.3 Å². The average molecular weight is 366 g/mol. The molecule has 0 radical (unpaired) electrons. The maximum atomic E-state index is 13.1. The first-order valence-corrected chi connectivity index (χ1v) is 8.15. The SMILES string of the molecule is O=C(CS(=O)c1ccc(F)c(Cl)c1)c1cc(Cl)ccc1Cl. The number of carbonyl (C=O) groups is 1. The second kappa shape index (κ2) is 6.88.